The summed E-state index contributed by atoms with van der Waals surface area (Å²) in [4.78, 5) is 33.1. The second kappa shape index (κ2) is 9.18. The zero-order chi connectivity index (χ0) is 14.8. The lowest BCUT2D eigenvalue weighted by Crippen LogP contribution is -2.40. The van der Waals surface area contributed by atoms with Gasteiger partial charge in [0.2, 0.25) is 0 Å². The van der Waals surface area contributed by atoms with Crippen LogP contribution >= 0.6 is 0 Å². The molecule has 0 spiro atoms. The fourth-order valence-electron chi connectivity index (χ4n) is 1.50. The summed E-state index contributed by atoms with van der Waals surface area (Å²) in [5, 5.41) is 13.9. The number of esters is 1. The predicted molar refractivity (Wildman–Crippen MR) is 68.6 cm³/mol. The molecule has 0 aliphatic carbocycles. The Morgan fingerprint density at radius 1 is 1.21 bits per heavy atom. The Morgan fingerprint density at radius 3 is 2.32 bits per heavy atom. The molecule has 7 nitrogen and oxygen atoms in total. The number of hydrogen-bond donors (Lipinski definition) is 3. The first kappa shape index (κ1) is 17.2. The van der Waals surface area contributed by atoms with Crippen LogP contribution in [0.3, 0.4) is 0 Å². The second-order valence-corrected chi connectivity index (χ2v) is 4.63. The Labute approximate surface area is 112 Å². The van der Waals surface area contributed by atoms with Gasteiger partial charge in [0.15, 0.2) is 0 Å². The summed E-state index contributed by atoms with van der Waals surface area (Å²) in [5.41, 5.74) is 0. The Morgan fingerprint density at radius 2 is 1.84 bits per heavy atom. The van der Waals surface area contributed by atoms with Gasteiger partial charge in [-0.25, -0.2) is 4.79 Å². The van der Waals surface area contributed by atoms with Gasteiger partial charge in [0.25, 0.3) is 0 Å². The van der Waals surface area contributed by atoms with E-state index in [0.717, 1.165) is 0 Å². The van der Waals surface area contributed by atoms with Gasteiger partial charge < -0.3 is 20.5 Å². The maximum atomic E-state index is 11.4. The van der Waals surface area contributed by atoms with Crippen molar-refractivity contribution >= 4 is 18.0 Å². The van der Waals surface area contributed by atoms with Gasteiger partial charge in [-0.05, 0) is 12.3 Å². The van der Waals surface area contributed by atoms with E-state index in [1.807, 2.05) is 13.8 Å². The summed E-state index contributed by atoms with van der Waals surface area (Å²) in [7, 11) is 1.27. The molecule has 110 valence electrons. The minimum Gasteiger partial charge on any atom is -0.481 e. The minimum absolute atomic E-state index is 0.0670. The number of amides is 2. The number of carboxylic acid groups (broad SMARTS) is 1. The third-order valence-corrected chi connectivity index (χ3v) is 2.46. The number of ether oxygens (including phenoxy) is 1. The highest BCUT2D eigenvalue weighted by molar-refractivity contribution is 5.76. The molecule has 0 saturated carbocycles. The van der Waals surface area contributed by atoms with Crippen LogP contribution in [0.15, 0.2) is 0 Å². The van der Waals surface area contributed by atoms with Crippen molar-refractivity contribution in [3.8, 4) is 0 Å². The second-order valence-electron chi connectivity index (χ2n) is 4.63. The van der Waals surface area contributed by atoms with Gasteiger partial charge in [-0.3, -0.25) is 9.59 Å². The molecule has 0 aromatic rings. The van der Waals surface area contributed by atoms with Crippen molar-refractivity contribution < 1.29 is 24.2 Å². The van der Waals surface area contributed by atoms with Gasteiger partial charge >= 0.3 is 18.0 Å². The number of carbonyl (C=O) groups excluding carboxylic acids is 2. The monoisotopic (exact) mass is 274 g/mol. The van der Waals surface area contributed by atoms with Gasteiger partial charge in [-0.2, -0.15) is 0 Å². The lowest BCUT2D eigenvalue weighted by molar-refractivity contribution is -0.142. The Balaban J connectivity index is 3.92. The number of urea groups is 1. The summed E-state index contributed by atoms with van der Waals surface area (Å²) < 4.78 is 4.42. The van der Waals surface area contributed by atoms with Gasteiger partial charge in [-0.15, -0.1) is 0 Å². The van der Waals surface area contributed by atoms with Crippen LogP contribution in [-0.2, 0) is 14.3 Å². The quantitative estimate of drug-likeness (QED) is 0.562. The first-order valence-corrected chi connectivity index (χ1v) is 6.18. The number of nitrogens with one attached hydrogen (secondary N) is 2. The Kier molecular flexibility index (Phi) is 8.32. The zero-order valence-corrected chi connectivity index (χ0v) is 11.6. The highest BCUT2D eigenvalue weighted by Crippen LogP contribution is 2.10. The molecule has 2 amide bonds. The highest BCUT2D eigenvalue weighted by atomic mass is 16.5. The van der Waals surface area contributed by atoms with Crippen LogP contribution < -0.4 is 10.6 Å². The molecular weight excluding hydrogens is 252 g/mol. The maximum absolute atomic E-state index is 11.4. The van der Waals surface area contributed by atoms with E-state index in [1.165, 1.54) is 7.11 Å². The molecule has 19 heavy (non-hydrogen) atoms. The maximum Gasteiger partial charge on any atom is 0.314 e. The summed E-state index contributed by atoms with van der Waals surface area (Å²) in [6.45, 7) is 4.07. The smallest absolute Gasteiger partial charge is 0.314 e. The number of hydrogen-bond acceptors (Lipinski definition) is 4. The van der Waals surface area contributed by atoms with E-state index in [-0.39, 0.29) is 25.4 Å². The SMILES string of the molecule is COC(=O)CCNC(=O)NCC(CC(C)C)C(=O)O. The van der Waals surface area contributed by atoms with Crippen LogP contribution in [0.1, 0.15) is 26.7 Å². The third-order valence-electron chi connectivity index (χ3n) is 2.46. The first-order chi connectivity index (χ1) is 8.86. The van der Waals surface area contributed by atoms with Gasteiger partial charge in [0.1, 0.15) is 0 Å². The summed E-state index contributed by atoms with van der Waals surface area (Å²) in [6.07, 6.45) is 0.579. The summed E-state index contributed by atoms with van der Waals surface area (Å²) >= 11 is 0. The number of carboxylic acids is 1. The van der Waals surface area contributed by atoms with Crippen molar-refractivity contribution in [1.29, 1.82) is 0 Å². The molecule has 0 aromatic carbocycles. The van der Waals surface area contributed by atoms with E-state index < -0.39 is 23.9 Å². The van der Waals surface area contributed by atoms with Crippen molar-refractivity contribution in [2.24, 2.45) is 11.8 Å². The molecule has 0 saturated heterocycles. The molecular formula is C12H22N2O5. The van der Waals surface area contributed by atoms with Crippen molar-refractivity contribution in [3.63, 3.8) is 0 Å². The van der Waals surface area contributed by atoms with Gasteiger partial charge in [0.05, 0.1) is 19.4 Å². The molecule has 0 rings (SSSR count). The molecule has 0 bridgehead atoms. The molecule has 0 aromatic heterocycles. The molecule has 0 radical (unpaired) electrons. The summed E-state index contributed by atoms with van der Waals surface area (Å²) in [5.74, 6) is -1.70. The van der Waals surface area contributed by atoms with Gasteiger partial charge in [-0.1, -0.05) is 13.8 Å². The number of aliphatic carboxylic acids is 1. The molecule has 1 atom stereocenters. The molecule has 3 N–H and O–H groups in total. The van der Waals surface area contributed by atoms with E-state index in [4.69, 9.17) is 5.11 Å². The van der Waals surface area contributed by atoms with E-state index in [1.54, 1.807) is 0 Å². The predicted octanol–water partition coefficient (Wildman–Crippen LogP) is 0.596. The average Bonchev–Trinajstić information content (AvgIpc) is 2.33. The lowest BCUT2D eigenvalue weighted by Gasteiger charge is -2.15. The lowest BCUT2D eigenvalue weighted by atomic mass is 9.97. The van der Waals surface area contributed by atoms with Crippen molar-refractivity contribution in [2.45, 2.75) is 26.7 Å². The number of rotatable bonds is 8. The normalized spacial score (nSPS) is 11.8. The van der Waals surface area contributed by atoms with Crippen LogP contribution in [-0.4, -0.2) is 43.3 Å². The first-order valence-electron chi connectivity index (χ1n) is 6.18. The van der Waals surface area contributed by atoms with E-state index >= 15 is 0 Å². The molecule has 0 heterocycles. The summed E-state index contributed by atoms with van der Waals surface area (Å²) in [6, 6.07) is -0.487. The third kappa shape index (κ3) is 8.87. The number of carbonyl (C=O) groups is 3. The number of methoxy groups -OCH3 is 1. The Bertz CT molecular complexity index is 317. The van der Waals surface area contributed by atoms with Crippen LogP contribution in [0.5, 0.6) is 0 Å². The van der Waals surface area contributed by atoms with Crippen molar-refractivity contribution in [1.82, 2.24) is 10.6 Å². The van der Waals surface area contributed by atoms with Gasteiger partial charge in [0, 0.05) is 13.1 Å². The molecule has 0 fully saturated rings. The molecule has 1 unspecified atom stereocenters. The largest absolute Gasteiger partial charge is 0.481 e. The van der Waals surface area contributed by atoms with Crippen molar-refractivity contribution in [2.75, 3.05) is 20.2 Å². The van der Waals surface area contributed by atoms with E-state index in [9.17, 15) is 14.4 Å². The van der Waals surface area contributed by atoms with E-state index in [0.29, 0.717) is 6.42 Å². The fourth-order valence-corrected chi connectivity index (χ4v) is 1.50. The Hall–Kier alpha value is -1.79. The van der Waals surface area contributed by atoms with Crippen LogP contribution in [0, 0.1) is 11.8 Å². The average molecular weight is 274 g/mol. The minimum atomic E-state index is -0.927. The highest BCUT2D eigenvalue weighted by Gasteiger charge is 2.19. The van der Waals surface area contributed by atoms with Crippen LogP contribution in [0.25, 0.3) is 0 Å². The molecule has 7 heteroatoms. The molecule has 0 aliphatic heterocycles. The molecule has 0 aliphatic rings. The topological polar surface area (TPSA) is 105 Å². The van der Waals surface area contributed by atoms with Crippen molar-refractivity contribution in [3.05, 3.63) is 0 Å². The van der Waals surface area contributed by atoms with Crippen LogP contribution in [0.2, 0.25) is 0 Å². The zero-order valence-electron chi connectivity index (χ0n) is 11.6. The standard InChI is InChI=1S/C12H22N2O5/c1-8(2)6-9(11(16)17)7-14-12(18)13-5-4-10(15)19-3/h8-9H,4-7H2,1-3H3,(H,16,17)(H2,13,14,18). The van der Waals surface area contributed by atoms with E-state index in [2.05, 4.69) is 15.4 Å². The van der Waals surface area contributed by atoms with Crippen LogP contribution in [0.4, 0.5) is 4.79 Å². The fraction of sp³-hybridized carbons (Fsp3) is 0.750.